The smallest absolute Gasteiger partial charge is 0.258 e. The molecule has 0 amide bonds. The molecule has 3 aromatic rings. The van der Waals surface area contributed by atoms with Crippen molar-refractivity contribution in [2.24, 2.45) is 0 Å². The molecule has 0 radical (unpaired) electrons. The van der Waals surface area contributed by atoms with Gasteiger partial charge in [0.25, 0.3) is 11.4 Å². The van der Waals surface area contributed by atoms with Crippen LogP contribution >= 0.6 is 11.8 Å². The second-order valence-corrected chi connectivity index (χ2v) is 7.05. The van der Waals surface area contributed by atoms with Crippen molar-refractivity contribution in [2.45, 2.75) is 28.8 Å². The lowest BCUT2D eigenvalue weighted by Gasteiger charge is -2.03. The average Bonchev–Trinajstić information content (AvgIpc) is 3.43. The predicted molar refractivity (Wildman–Crippen MR) is 97.2 cm³/mol. The van der Waals surface area contributed by atoms with Crippen molar-refractivity contribution in [3.05, 3.63) is 74.6 Å². The molecule has 0 N–H and O–H groups in total. The maximum absolute atomic E-state index is 11.3. The maximum Gasteiger partial charge on any atom is 0.290 e. The predicted octanol–water partition coefficient (Wildman–Crippen LogP) is 4.11. The van der Waals surface area contributed by atoms with E-state index in [2.05, 4.69) is 10.1 Å². The molecule has 1 saturated carbocycles. The van der Waals surface area contributed by atoms with Crippen LogP contribution in [-0.4, -0.2) is 24.6 Å². The molecular formula is C17H13N5O4S. The van der Waals surface area contributed by atoms with E-state index in [0.717, 1.165) is 42.2 Å². The fourth-order valence-corrected chi connectivity index (χ4v) is 3.49. The van der Waals surface area contributed by atoms with Crippen LogP contribution in [0.1, 0.15) is 24.6 Å². The van der Waals surface area contributed by atoms with Crippen molar-refractivity contribution >= 4 is 23.1 Å². The van der Waals surface area contributed by atoms with Crippen LogP contribution in [-0.2, 0) is 0 Å². The highest BCUT2D eigenvalue weighted by Gasteiger charge is 2.31. The number of hydrogen-bond donors (Lipinski definition) is 0. The molecule has 0 aliphatic heterocycles. The standard InChI is InChI=1S/C17H13N5O4S/c23-21(24)13-8-9-15(14(10-13)22(25)26)27-17-18-16(11-6-7-11)20(19-17)12-4-2-1-3-5-12/h1-5,8-11H,6-7H2. The van der Waals surface area contributed by atoms with Gasteiger partial charge in [-0.25, -0.2) is 9.67 Å². The van der Waals surface area contributed by atoms with Crippen molar-refractivity contribution in [3.63, 3.8) is 0 Å². The highest BCUT2D eigenvalue weighted by molar-refractivity contribution is 7.99. The molecule has 27 heavy (non-hydrogen) atoms. The molecule has 0 saturated heterocycles. The van der Waals surface area contributed by atoms with Crippen molar-refractivity contribution < 1.29 is 9.85 Å². The number of benzene rings is 2. The average molecular weight is 383 g/mol. The van der Waals surface area contributed by atoms with Crippen LogP contribution < -0.4 is 0 Å². The Morgan fingerprint density at radius 1 is 1.04 bits per heavy atom. The topological polar surface area (TPSA) is 117 Å². The molecule has 136 valence electrons. The molecule has 0 spiro atoms. The molecule has 1 fully saturated rings. The van der Waals surface area contributed by atoms with Crippen LogP contribution in [0.3, 0.4) is 0 Å². The van der Waals surface area contributed by atoms with E-state index in [1.807, 2.05) is 30.3 Å². The molecule has 0 atom stereocenters. The van der Waals surface area contributed by atoms with E-state index in [0.29, 0.717) is 11.1 Å². The fourth-order valence-electron chi connectivity index (χ4n) is 2.66. The highest BCUT2D eigenvalue weighted by atomic mass is 32.2. The fraction of sp³-hybridized carbons (Fsp3) is 0.176. The quantitative estimate of drug-likeness (QED) is 0.464. The highest BCUT2D eigenvalue weighted by Crippen LogP contribution is 2.42. The van der Waals surface area contributed by atoms with E-state index in [1.165, 1.54) is 12.1 Å². The lowest BCUT2D eigenvalue weighted by Crippen LogP contribution is -2.01. The molecule has 10 heteroatoms. The number of nitrogens with zero attached hydrogens (tertiary/aromatic N) is 5. The van der Waals surface area contributed by atoms with E-state index >= 15 is 0 Å². The van der Waals surface area contributed by atoms with Gasteiger partial charge >= 0.3 is 0 Å². The Morgan fingerprint density at radius 2 is 1.78 bits per heavy atom. The van der Waals surface area contributed by atoms with Crippen LogP contribution in [0.15, 0.2) is 58.6 Å². The number of nitro groups is 2. The Kier molecular flexibility index (Phi) is 4.32. The van der Waals surface area contributed by atoms with E-state index in [1.54, 1.807) is 4.68 Å². The van der Waals surface area contributed by atoms with Gasteiger partial charge in [-0.2, -0.15) is 0 Å². The molecule has 1 aromatic heterocycles. The summed E-state index contributed by atoms with van der Waals surface area (Å²) in [4.78, 5) is 25.7. The Morgan fingerprint density at radius 3 is 2.41 bits per heavy atom. The molecule has 2 aromatic carbocycles. The van der Waals surface area contributed by atoms with Gasteiger partial charge in [0.2, 0.25) is 5.16 Å². The third-order valence-corrected chi connectivity index (χ3v) is 5.03. The zero-order chi connectivity index (χ0) is 19.0. The van der Waals surface area contributed by atoms with Crippen LogP contribution in [0.5, 0.6) is 0 Å². The summed E-state index contributed by atoms with van der Waals surface area (Å²) < 4.78 is 1.76. The van der Waals surface area contributed by atoms with Gasteiger partial charge in [0.1, 0.15) is 5.82 Å². The molecule has 4 rings (SSSR count). The summed E-state index contributed by atoms with van der Waals surface area (Å²) in [7, 11) is 0. The lowest BCUT2D eigenvalue weighted by atomic mass is 10.3. The van der Waals surface area contributed by atoms with E-state index in [-0.39, 0.29) is 16.3 Å². The minimum atomic E-state index is -0.658. The summed E-state index contributed by atoms with van der Waals surface area (Å²) in [6.07, 6.45) is 2.07. The molecular weight excluding hydrogens is 370 g/mol. The van der Waals surface area contributed by atoms with Gasteiger partial charge in [0.15, 0.2) is 0 Å². The van der Waals surface area contributed by atoms with E-state index < -0.39 is 9.85 Å². The third-order valence-electron chi connectivity index (χ3n) is 4.11. The zero-order valence-electron chi connectivity index (χ0n) is 13.9. The first kappa shape index (κ1) is 17.2. The minimum Gasteiger partial charge on any atom is -0.258 e. The van der Waals surface area contributed by atoms with Gasteiger partial charge in [-0.05, 0) is 42.8 Å². The zero-order valence-corrected chi connectivity index (χ0v) is 14.7. The number of nitro benzene ring substituents is 2. The van der Waals surface area contributed by atoms with Crippen molar-refractivity contribution in [2.75, 3.05) is 0 Å². The number of non-ortho nitro benzene ring substituents is 1. The summed E-state index contributed by atoms with van der Waals surface area (Å²) in [5.74, 6) is 1.16. The van der Waals surface area contributed by atoms with Gasteiger partial charge in [-0.15, -0.1) is 5.10 Å². The van der Waals surface area contributed by atoms with Gasteiger partial charge in [-0.3, -0.25) is 20.2 Å². The summed E-state index contributed by atoms with van der Waals surface area (Å²) in [6, 6.07) is 13.1. The first-order valence-corrected chi connectivity index (χ1v) is 8.97. The Balaban J connectivity index is 1.71. The number of para-hydroxylation sites is 1. The molecule has 1 heterocycles. The summed E-state index contributed by atoms with van der Waals surface area (Å²) in [6.45, 7) is 0. The van der Waals surface area contributed by atoms with Crippen LogP contribution in [0.4, 0.5) is 11.4 Å². The van der Waals surface area contributed by atoms with Gasteiger partial charge in [0.05, 0.1) is 26.5 Å². The van der Waals surface area contributed by atoms with E-state index in [9.17, 15) is 20.2 Å². The van der Waals surface area contributed by atoms with Gasteiger partial charge in [0, 0.05) is 12.0 Å². The summed E-state index contributed by atoms with van der Waals surface area (Å²) in [5, 5.41) is 27.1. The second-order valence-electron chi connectivity index (χ2n) is 6.04. The molecule has 9 nitrogen and oxygen atoms in total. The van der Waals surface area contributed by atoms with Crippen molar-refractivity contribution in [1.82, 2.24) is 14.8 Å². The number of rotatable bonds is 6. The molecule has 0 bridgehead atoms. The Labute approximate surface area is 157 Å². The number of aromatic nitrogens is 3. The monoisotopic (exact) mass is 383 g/mol. The largest absolute Gasteiger partial charge is 0.290 e. The minimum absolute atomic E-state index is 0.262. The summed E-state index contributed by atoms with van der Waals surface area (Å²) in [5.41, 5.74) is 0.211. The van der Waals surface area contributed by atoms with Crippen LogP contribution in [0.25, 0.3) is 5.69 Å². The Hall–Kier alpha value is -3.27. The summed E-state index contributed by atoms with van der Waals surface area (Å²) >= 11 is 1.03. The van der Waals surface area contributed by atoms with Gasteiger partial charge in [-0.1, -0.05) is 18.2 Å². The Bertz CT molecular complexity index is 1030. The van der Waals surface area contributed by atoms with E-state index in [4.69, 9.17) is 0 Å². The normalized spacial score (nSPS) is 13.5. The van der Waals surface area contributed by atoms with Crippen molar-refractivity contribution in [3.8, 4) is 5.69 Å². The first-order valence-electron chi connectivity index (χ1n) is 8.16. The van der Waals surface area contributed by atoms with Crippen molar-refractivity contribution in [1.29, 1.82) is 0 Å². The third kappa shape index (κ3) is 3.51. The molecule has 1 aliphatic carbocycles. The molecule has 0 unspecified atom stereocenters. The second kappa shape index (κ2) is 6.80. The molecule has 1 aliphatic rings. The van der Waals surface area contributed by atoms with Crippen LogP contribution in [0.2, 0.25) is 0 Å². The first-order chi connectivity index (χ1) is 13.0. The van der Waals surface area contributed by atoms with Crippen LogP contribution in [0, 0.1) is 20.2 Å². The number of hydrogen-bond acceptors (Lipinski definition) is 7. The maximum atomic E-state index is 11.3. The lowest BCUT2D eigenvalue weighted by molar-refractivity contribution is -0.396. The van der Waals surface area contributed by atoms with Gasteiger partial charge < -0.3 is 0 Å². The SMILES string of the molecule is O=[N+]([O-])c1ccc(Sc2nc(C3CC3)n(-c3ccccc3)n2)c([N+](=O)[O-])c1.